The van der Waals surface area contributed by atoms with Crippen molar-refractivity contribution in [3.63, 3.8) is 0 Å². The number of β-amino-alcohol motifs (C(OH)–C–C–N with tert-alkyl or cyclic N) is 1. The molecule has 0 aromatic rings. The number of hydrogen-bond donors (Lipinski definition) is 3. The number of nitrogens with zero attached hydrogens (tertiary/aromatic N) is 1. The Hall–Kier alpha value is -1.35. The van der Waals surface area contributed by atoms with Crippen LogP contribution in [0.2, 0.25) is 0 Å². The predicted octanol–water partition coefficient (Wildman–Crippen LogP) is -0.788. The zero-order chi connectivity index (χ0) is 13.4. The molecule has 6 nitrogen and oxygen atoms in total. The van der Waals surface area contributed by atoms with Crippen molar-refractivity contribution in [3.05, 3.63) is 0 Å². The van der Waals surface area contributed by atoms with E-state index in [1.165, 1.54) is 5.32 Å². The van der Waals surface area contributed by atoms with Gasteiger partial charge < -0.3 is 15.5 Å². The van der Waals surface area contributed by atoms with Crippen molar-refractivity contribution in [1.29, 1.82) is 0 Å². The lowest BCUT2D eigenvalue weighted by Crippen LogP contribution is -2.56. The maximum absolute atomic E-state index is 12.6. The fourth-order valence-corrected chi connectivity index (χ4v) is 1.32. The second kappa shape index (κ2) is 4.15. The van der Waals surface area contributed by atoms with Crippen LogP contribution in [-0.4, -0.2) is 58.0 Å². The van der Waals surface area contributed by atoms with Gasteiger partial charge in [-0.25, -0.2) is 4.79 Å². The number of amides is 3. The number of aliphatic hydroxyl groups is 2. The Labute approximate surface area is 94.0 Å². The molecule has 1 fully saturated rings. The van der Waals surface area contributed by atoms with Crippen LogP contribution in [0.25, 0.3) is 0 Å². The van der Waals surface area contributed by atoms with E-state index in [9.17, 15) is 22.8 Å². The molecule has 0 aromatic heterocycles. The highest BCUT2D eigenvalue weighted by Crippen LogP contribution is 2.35. The molecule has 3 N–H and O–H groups in total. The third kappa shape index (κ3) is 2.20. The van der Waals surface area contributed by atoms with E-state index in [0.29, 0.717) is 6.92 Å². The second-order valence-corrected chi connectivity index (χ2v) is 3.81. The van der Waals surface area contributed by atoms with E-state index in [4.69, 9.17) is 10.2 Å². The summed E-state index contributed by atoms with van der Waals surface area (Å²) in [5, 5.41) is 19.1. The molecule has 17 heavy (non-hydrogen) atoms. The minimum absolute atomic E-state index is 0.231. The number of halogens is 3. The summed E-state index contributed by atoms with van der Waals surface area (Å²) in [6.07, 6.45) is -6.40. The van der Waals surface area contributed by atoms with Gasteiger partial charge in [-0.2, -0.15) is 13.2 Å². The van der Waals surface area contributed by atoms with Gasteiger partial charge in [-0.15, -0.1) is 0 Å². The molecule has 9 heteroatoms. The quantitative estimate of drug-likeness (QED) is 0.577. The van der Waals surface area contributed by atoms with Crippen molar-refractivity contribution in [2.45, 2.75) is 24.7 Å². The van der Waals surface area contributed by atoms with Gasteiger partial charge in [-0.1, -0.05) is 0 Å². The van der Waals surface area contributed by atoms with Crippen LogP contribution in [0.1, 0.15) is 6.92 Å². The van der Waals surface area contributed by atoms with Crippen LogP contribution in [0, 0.1) is 0 Å². The van der Waals surface area contributed by atoms with Crippen molar-refractivity contribution in [3.8, 4) is 0 Å². The summed E-state index contributed by atoms with van der Waals surface area (Å²) in [6.45, 7) is -0.912. The zero-order valence-electron chi connectivity index (χ0n) is 8.78. The monoisotopic (exact) mass is 256 g/mol. The first-order valence-corrected chi connectivity index (χ1v) is 4.63. The van der Waals surface area contributed by atoms with Gasteiger partial charge in [-0.3, -0.25) is 9.69 Å². The highest BCUT2D eigenvalue weighted by atomic mass is 19.4. The van der Waals surface area contributed by atoms with Crippen molar-refractivity contribution >= 4 is 11.9 Å². The van der Waals surface area contributed by atoms with Gasteiger partial charge in [-0.05, 0) is 6.92 Å². The highest BCUT2D eigenvalue weighted by molar-refractivity contribution is 6.07. The first kappa shape index (κ1) is 13.7. The maximum Gasteiger partial charge on any atom is 0.420 e. The summed E-state index contributed by atoms with van der Waals surface area (Å²) in [4.78, 5) is 22.9. The molecule has 0 aromatic carbocycles. The Bertz CT molecular complexity index is 346. The molecule has 0 bridgehead atoms. The van der Waals surface area contributed by atoms with Gasteiger partial charge in [0.05, 0.1) is 19.3 Å². The van der Waals surface area contributed by atoms with Gasteiger partial charge >= 0.3 is 12.2 Å². The summed E-state index contributed by atoms with van der Waals surface area (Å²) in [5.74, 6) is -1.50. The van der Waals surface area contributed by atoms with Crippen LogP contribution in [0.3, 0.4) is 0 Å². The molecule has 1 aliphatic rings. The molecule has 1 saturated heterocycles. The number of carbonyl (C=O) groups is 2. The minimum atomic E-state index is -4.93. The average molecular weight is 256 g/mol. The summed E-state index contributed by atoms with van der Waals surface area (Å²) in [7, 11) is 0. The Morgan fingerprint density at radius 2 is 2.00 bits per heavy atom. The first-order chi connectivity index (χ1) is 7.63. The summed E-state index contributed by atoms with van der Waals surface area (Å²) >= 11 is 0. The molecule has 0 radical (unpaired) electrons. The van der Waals surface area contributed by atoms with E-state index in [2.05, 4.69) is 0 Å². The van der Waals surface area contributed by atoms with Crippen LogP contribution in [0.15, 0.2) is 0 Å². The van der Waals surface area contributed by atoms with Gasteiger partial charge in [0.25, 0.3) is 5.91 Å². The van der Waals surface area contributed by atoms with E-state index in [0.717, 1.165) is 0 Å². The second-order valence-electron chi connectivity index (χ2n) is 3.81. The molecule has 0 saturated carbocycles. The summed E-state index contributed by atoms with van der Waals surface area (Å²) in [5.41, 5.74) is -2.99. The predicted molar refractivity (Wildman–Crippen MR) is 47.8 cm³/mol. The van der Waals surface area contributed by atoms with Gasteiger partial charge in [0.1, 0.15) is 0 Å². The number of rotatable bonds is 3. The molecule has 1 heterocycles. The van der Waals surface area contributed by atoms with Crippen LogP contribution in [0.4, 0.5) is 18.0 Å². The lowest BCUT2D eigenvalue weighted by Gasteiger charge is -2.24. The number of alkyl halides is 3. The normalized spacial score (nSPS) is 27.3. The highest BCUT2D eigenvalue weighted by Gasteiger charge is 2.64. The topological polar surface area (TPSA) is 89.9 Å². The third-order valence-electron chi connectivity index (χ3n) is 2.45. The lowest BCUT2D eigenvalue weighted by molar-refractivity contribution is -0.191. The van der Waals surface area contributed by atoms with Crippen LogP contribution in [0.5, 0.6) is 0 Å². The van der Waals surface area contributed by atoms with Crippen LogP contribution < -0.4 is 5.32 Å². The SMILES string of the molecule is CC1(C(F)(F)F)NC(=O)N(CC(O)CO)C1=O. The smallest absolute Gasteiger partial charge is 0.394 e. The number of nitrogens with one attached hydrogen (secondary N) is 1. The van der Waals surface area contributed by atoms with E-state index < -0.39 is 42.9 Å². The Kier molecular flexibility index (Phi) is 3.35. The molecule has 98 valence electrons. The number of urea groups is 1. The summed E-state index contributed by atoms with van der Waals surface area (Å²) < 4.78 is 37.8. The molecule has 0 aliphatic carbocycles. The third-order valence-corrected chi connectivity index (χ3v) is 2.45. The van der Waals surface area contributed by atoms with Crippen molar-refractivity contribution in [1.82, 2.24) is 10.2 Å². The minimum Gasteiger partial charge on any atom is -0.394 e. The maximum atomic E-state index is 12.6. The number of carbonyl (C=O) groups excluding carboxylic acids is 2. The molecule has 0 spiro atoms. The van der Waals surface area contributed by atoms with Crippen molar-refractivity contribution in [2.75, 3.05) is 13.2 Å². The van der Waals surface area contributed by atoms with Crippen molar-refractivity contribution in [2.24, 2.45) is 0 Å². The lowest BCUT2D eigenvalue weighted by atomic mass is 10.0. The van der Waals surface area contributed by atoms with E-state index >= 15 is 0 Å². The number of aliphatic hydroxyl groups excluding tert-OH is 2. The van der Waals surface area contributed by atoms with E-state index in [1.807, 2.05) is 0 Å². The first-order valence-electron chi connectivity index (χ1n) is 4.63. The van der Waals surface area contributed by atoms with E-state index in [1.54, 1.807) is 0 Å². The standard InChI is InChI=1S/C8H11F3N2O4/c1-7(8(9,10)11)5(16)13(6(17)12-7)2-4(15)3-14/h4,14-15H,2-3H2,1H3,(H,12,17). The zero-order valence-corrected chi connectivity index (χ0v) is 8.78. The molecule has 3 amide bonds. The molecular weight excluding hydrogens is 245 g/mol. The molecule has 2 atom stereocenters. The Morgan fingerprint density at radius 3 is 2.35 bits per heavy atom. The molecular formula is C8H11F3N2O4. The van der Waals surface area contributed by atoms with Gasteiger partial charge in [0, 0.05) is 0 Å². The average Bonchev–Trinajstić information content (AvgIpc) is 2.42. The molecule has 2 unspecified atom stereocenters. The fourth-order valence-electron chi connectivity index (χ4n) is 1.32. The Balaban J connectivity index is 2.93. The van der Waals surface area contributed by atoms with E-state index in [-0.39, 0.29) is 4.90 Å². The fraction of sp³-hybridized carbons (Fsp3) is 0.750. The number of hydrogen-bond acceptors (Lipinski definition) is 4. The van der Waals surface area contributed by atoms with Crippen LogP contribution in [-0.2, 0) is 4.79 Å². The largest absolute Gasteiger partial charge is 0.420 e. The van der Waals surface area contributed by atoms with Crippen LogP contribution >= 0.6 is 0 Å². The van der Waals surface area contributed by atoms with Gasteiger partial charge in [0.15, 0.2) is 0 Å². The Morgan fingerprint density at radius 1 is 1.47 bits per heavy atom. The molecule has 1 aliphatic heterocycles. The summed E-state index contributed by atoms with van der Waals surface area (Å²) in [6, 6.07) is -1.25. The van der Waals surface area contributed by atoms with Gasteiger partial charge in [0.2, 0.25) is 5.54 Å². The van der Waals surface area contributed by atoms with Crippen molar-refractivity contribution < 1.29 is 33.0 Å². The molecule has 1 rings (SSSR count). The number of imide groups is 1.